The van der Waals surface area contributed by atoms with E-state index in [9.17, 15) is 29.1 Å². The van der Waals surface area contributed by atoms with Gasteiger partial charge in [-0.3, -0.25) is 9.59 Å². The van der Waals surface area contributed by atoms with Crippen molar-refractivity contribution in [3.63, 3.8) is 0 Å². The third-order valence-corrected chi connectivity index (χ3v) is 11.4. The highest BCUT2D eigenvalue weighted by Crippen LogP contribution is 2.34. The molecular formula is C31H53N3O8S2. The molecule has 0 aliphatic carbocycles. The predicted octanol–water partition coefficient (Wildman–Crippen LogP) is 4.59. The lowest BCUT2D eigenvalue weighted by Gasteiger charge is -2.28. The maximum absolute atomic E-state index is 13.2. The molecule has 0 fully saturated rings. The number of esters is 2. The Hall–Kier alpha value is -2.25. The summed E-state index contributed by atoms with van der Waals surface area (Å²) in [7, 11) is 2.95. The molecule has 0 spiro atoms. The number of aliphatic hydroxyl groups excluding tert-OH is 1. The molecule has 44 heavy (non-hydrogen) atoms. The van der Waals surface area contributed by atoms with Gasteiger partial charge >= 0.3 is 29.0 Å². The summed E-state index contributed by atoms with van der Waals surface area (Å²) in [4.78, 5) is 64.3. The molecule has 8 atom stereocenters. The van der Waals surface area contributed by atoms with Crippen LogP contribution in [0.15, 0.2) is 27.0 Å². The van der Waals surface area contributed by atoms with E-state index in [-0.39, 0.29) is 47.7 Å². The van der Waals surface area contributed by atoms with Crippen molar-refractivity contribution in [1.29, 1.82) is 0 Å². The molecule has 1 aromatic heterocycles. The summed E-state index contributed by atoms with van der Waals surface area (Å²) in [6.45, 7) is 23.6. The normalized spacial score (nSPS) is 17.3. The summed E-state index contributed by atoms with van der Waals surface area (Å²) >= 11 is 0. The first kappa shape index (κ1) is 39.8. The Morgan fingerprint density at radius 2 is 1.20 bits per heavy atom. The zero-order valence-corrected chi connectivity index (χ0v) is 29.8. The highest BCUT2D eigenvalue weighted by atomic mass is 33.1. The van der Waals surface area contributed by atoms with Gasteiger partial charge in [-0.2, -0.15) is 0 Å². The average molecular weight is 660 g/mol. The number of aliphatic hydroxyl groups is 1. The summed E-state index contributed by atoms with van der Waals surface area (Å²) < 4.78 is 14.2. The molecule has 1 aromatic rings. The van der Waals surface area contributed by atoms with Crippen LogP contribution in [0, 0.1) is 17.8 Å². The summed E-state index contributed by atoms with van der Waals surface area (Å²) in [5.41, 5.74) is -2.12. The Morgan fingerprint density at radius 3 is 1.64 bits per heavy atom. The molecule has 13 heteroatoms. The number of carbonyl (C=O) groups excluding carboxylic acids is 2. The van der Waals surface area contributed by atoms with Crippen molar-refractivity contribution >= 4 is 33.5 Å². The van der Waals surface area contributed by atoms with E-state index in [4.69, 9.17) is 9.47 Å². The van der Waals surface area contributed by atoms with E-state index in [1.165, 1.54) is 27.7 Å². The van der Waals surface area contributed by atoms with Crippen LogP contribution in [0.4, 0.5) is 0 Å². The van der Waals surface area contributed by atoms with E-state index in [0.717, 1.165) is 13.7 Å². The third-order valence-electron chi connectivity index (χ3n) is 8.02. The quantitative estimate of drug-likeness (QED) is 0.135. The van der Waals surface area contributed by atoms with Gasteiger partial charge in [-0.15, -0.1) is 6.58 Å². The van der Waals surface area contributed by atoms with Crippen LogP contribution in [-0.4, -0.2) is 59.6 Å². The Morgan fingerprint density at radius 1 is 0.750 bits per heavy atom. The number of hydrogen-bond donors (Lipinski definition) is 1. The van der Waals surface area contributed by atoms with E-state index in [1.807, 2.05) is 34.6 Å². The lowest BCUT2D eigenvalue weighted by Crippen LogP contribution is -2.56. The molecular weight excluding hydrogens is 606 g/mol. The topological polar surface area (TPSA) is 139 Å². The fraction of sp³-hybridized carbons (Fsp3) is 0.774. The van der Waals surface area contributed by atoms with Crippen molar-refractivity contribution < 1.29 is 24.2 Å². The van der Waals surface area contributed by atoms with Crippen LogP contribution in [0.25, 0.3) is 0 Å². The number of carbonyl (C=O) groups is 2. The summed E-state index contributed by atoms with van der Waals surface area (Å²) in [5.74, 6) is -0.963. The second kappa shape index (κ2) is 18.0. The SMILES string of the molecule is C=CCn1c(=O)n(C(C)C)c(=O)n(C(C)C(C)C(C)OC(=O)CC(C)SSC(C)CC(=O)OC(C)C(O)C(C)C(C)C)c1=O. The molecule has 0 aliphatic rings. The molecule has 0 aromatic carbocycles. The molecule has 1 heterocycles. The van der Waals surface area contributed by atoms with Crippen LogP contribution in [-0.2, 0) is 25.6 Å². The monoisotopic (exact) mass is 659 g/mol. The molecule has 1 rings (SSSR count). The number of nitrogens with zero attached hydrogens (tertiary/aromatic N) is 3. The number of ether oxygens (including phenoxy) is 2. The van der Waals surface area contributed by atoms with Crippen molar-refractivity contribution in [3.05, 3.63) is 44.1 Å². The largest absolute Gasteiger partial charge is 0.462 e. The number of hydrogen-bond acceptors (Lipinski definition) is 10. The fourth-order valence-electron chi connectivity index (χ4n) is 4.56. The molecule has 0 saturated carbocycles. The Kier molecular flexibility index (Phi) is 16.3. The summed E-state index contributed by atoms with van der Waals surface area (Å²) in [6.07, 6.45) is -0.231. The minimum Gasteiger partial charge on any atom is -0.462 e. The third kappa shape index (κ3) is 11.0. The number of rotatable bonds is 18. The van der Waals surface area contributed by atoms with Gasteiger partial charge in [0.25, 0.3) is 0 Å². The second-order valence-corrected chi connectivity index (χ2v) is 15.5. The van der Waals surface area contributed by atoms with Crippen molar-refractivity contribution in [2.75, 3.05) is 0 Å². The molecule has 0 aliphatic heterocycles. The highest BCUT2D eigenvalue weighted by Gasteiger charge is 2.30. The molecule has 11 nitrogen and oxygen atoms in total. The number of aromatic nitrogens is 3. The van der Waals surface area contributed by atoms with Gasteiger partial charge in [0, 0.05) is 28.5 Å². The molecule has 0 bridgehead atoms. The van der Waals surface area contributed by atoms with E-state index in [2.05, 4.69) is 6.58 Å². The van der Waals surface area contributed by atoms with Crippen molar-refractivity contribution in [2.24, 2.45) is 17.8 Å². The van der Waals surface area contributed by atoms with Gasteiger partial charge in [0.05, 0.1) is 25.5 Å². The van der Waals surface area contributed by atoms with Crippen LogP contribution < -0.4 is 17.1 Å². The maximum Gasteiger partial charge on any atom is 0.336 e. The van der Waals surface area contributed by atoms with Crippen LogP contribution in [0.2, 0.25) is 0 Å². The Labute approximate surface area is 269 Å². The molecule has 0 amide bonds. The molecule has 8 unspecified atom stereocenters. The summed E-state index contributed by atoms with van der Waals surface area (Å²) in [5, 5.41) is 10.2. The maximum atomic E-state index is 13.2. The van der Waals surface area contributed by atoms with E-state index < -0.39 is 59.4 Å². The lowest BCUT2D eigenvalue weighted by molar-refractivity contribution is -0.156. The van der Waals surface area contributed by atoms with Crippen LogP contribution in [0.5, 0.6) is 0 Å². The number of allylic oxidation sites excluding steroid dienone is 1. The first-order valence-corrected chi connectivity index (χ1v) is 17.6. The van der Waals surface area contributed by atoms with Gasteiger partial charge in [0.2, 0.25) is 0 Å². The zero-order chi connectivity index (χ0) is 34.0. The van der Waals surface area contributed by atoms with E-state index in [1.54, 1.807) is 41.5 Å². The van der Waals surface area contributed by atoms with E-state index >= 15 is 0 Å². The van der Waals surface area contributed by atoms with Crippen molar-refractivity contribution in [3.8, 4) is 0 Å². The van der Waals surface area contributed by atoms with Gasteiger partial charge < -0.3 is 14.6 Å². The standard InChI is InChI=1S/C31H53N3O8S2/c1-13-14-32-29(38)33(18(4)5)31(40)34(30(32)39)23(10)22(9)24(11)41-26(35)15-19(6)43-44-20(7)16-27(36)42-25(12)28(37)21(8)17(2)3/h13,17-25,28,37H,1,14-16H2,2-12H3. The van der Waals surface area contributed by atoms with Crippen molar-refractivity contribution in [2.45, 2.75) is 136 Å². The lowest BCUT2D eigenvalue weighted by atomic mass is 9.90. The van der Waals surface area contributed by atoms with Crippen LogP contribution in [0.3, 0.4) is 0 Å². The Balaban J connectivity index is 2.75. The molecule has 0 saturated heterocycles. The predicted molar refractivity (Wildman–Crippen MR) is 178 cm³/mol. The van der Waals surface area contributed by atoms with Crippen LogP contribution in [0.1, 0.15) is 101 Å². The van der Waals surface area contributed by atoms with Crippen LogP contribution >= 0.6 is 21.6 Å². The average Bonchev–Trinajstić information content (AvgIpc) is 2.92. The summed E-state index contributed by atoms with van der Waals surface area (Å²) in [6, 6.07) is -1.13. The van der Waals surface area contributed by atoms with Gasteiger partial charge in [-0.1, -0.05) is 69.2 Å². The fourth-order valence-corrected chi connectivity index (χ4v) is 6.90. The second-order valence-electron chi connectivity index (χ2n) is 12.4. The van der Waals surface area contributed by atoms with Gasteiger partial charge in [0.1, 0.15) is 12.2 Å². The van der Waals surface area contributed by atoms with Gasteiger partial charge in [-0.05, 0) is 46.5 Å². The van der Waals surface area contributed by atoms with Crippen molar-refractivity contribution in [1.82, 2.24) is 13.7 Å². The minimum atomic E-state index is -0.734. The highest BCUT2D eigenvalue weighted by molar-refractivity contribution is 8.77. The Bertz CT molecular complexity index is 1290. The molecule has 1 N–H and O–H groups in total. The van der Waals surface area contributed by atoms with Gasteiger partial charge in [0.15, 0.2) is 0 Å². The van der Waals surface area contributed by atoms with E-state index in [0.29, 0.717) is 0 Å². The smallest absolute Gasteiger partial charge is 0.336 e. The zero-order valence-electron chi connectivity index (χ0n) is 28.1. The molecule has 0 radical (unpaired) electrons. The first-order chi connectivity index (χ1) is 20.3. The molecule has 252 valence electrons. The minimum absolute atomic E-state index is 0.00181. The first-order valence-electron chi connectivity index (χ1n) is 15.3. The van der Waals surface area contributed by atoms with Gasteiger partial charge in [-0.25, -0.2) is 28.1 Å².